The van der Waals surface area contributed by atoms with Crippen LogP contribution in [0.15, 0.2) is 40.9 Å². The van der Waals surface area contributed by atoms with Gasteiger partial charge in [0.1, 0.15) is 6.07 Å². The van der Waals surface area contributed by atoms with Gasteiger partial charge in [-0.1, -0.05) is 11.6 Å². The Morgan fingerprint density at radius 1 is 1.22 bits per heavy atom. The van der Waals surface area contributed by atoms with Crippen LogP contribution in [0.4, 0.5) is 11.4 Å². The number of benzene rings is 2. The summed E-state index contributed by atoms with van der Waals surface area (Å²) in [4.78, 5) is 0. The molecule has 0 heterocycles. The quantitative estimate of drug-likeness (QED) is 0.651. The van der Waals surface area contributed by atoms with Crippen LogP contribution in [0, 0.1) is 14.9 Å². The van der Waals surface area contributed by atoms with Crippen LogP contribution in [0.3, 0.4) is 0 Å². The maximum absolute atomic E-state index is 8.85. The fraction of sp³-hybridized carbons (Fsp3) is 0. The van der Waals surface area contributed by atoms with Crippen LogP contribution in [0.25, 0.3) is 0 Å². The van der Waals surface area contributed by atoms with Crippen molar-refractivity contribution in [1.82, 2.24) is 0 Å². The molecule has 0 atom stereocenters. The van der Waals surface area contributed by atoms with E-state index in [4.69, 9.17) is 16.9 Å². The maximum Gasteiger partial charge on any atom is 0.100 e. The van der Waals surface area contributed by atoms with E-state index in [1.165, 1.54) is 0 Å². The maximum atomic E-state index is 8.85. The summed E-state index contributed by atoms with van der Waals surface area (Å²) < 4.78 is 1.85. The van der Waals surface area contributed by atoms with Gasteiger partial charge in [-0.05, 0) is 74.9 Å². The van der Waals surface area contributed by atoms with Gasteiger partial charge in [0.15, 0.2) is 0 Å². The van der Waals surface area contributed by atoms with E-state index in [1.807, 2.05) is 30.3 Å². The van der Waals surface area contributed by atoms with Crippen molar-refractivity contribution in [3.05, 3.63) is 55.0 Å². The first kappa shape index (κ1) is 13.7. The molecular weight excluding hydrogens is 426 g/mol. The number of nitrogens with zero attached hydrogens (tertiary/aromatic N) is 1. The molecule has 0 aliphatic carbocycles. The van der Waals surface area contributed by atoms with E-state index >= 15 is 0 Å². The van der Waals surface area contributed by atoms with Crippen LogP contribution in [0.2, 0.25) is 5.02 Å². The van der Waals surface area contributed by atoms with Crippen LogP contribution < -0.4 is 5.32 Å². The van der Waals surface area contributed by atoms with Crippen LogP contribution in [-0.2, 0) is 0 Å². The fourth-order valence-electron chi connectivity index (χ4n) is 1.43. The van der Waals surface area contributed by atoms with Crippen molar-refractivity contribution in [2.75, 3.05) is 5.32 Å². The van der Waals surface area contributed by atoms with E-state index in [0.717, 1.165) is 19.4 Å². The summed E-state index contributed by atoms with van der Waals surface area (Å²) in [7, 11) is 0. The number of rotatable bonds is 2. The first-order valence-electron chi connectivity index (χ1n) is 5.02. The van der Waals surface area contributed by atoms with Gasteiger partial charge in [-0.15, -0.1) is 0 Å². The van der Waals surface area contributed by atoms with Gasteiger partial charge in [-0.25, -0.2) is 0 Å². The predicted molar refractivity (Wildman–Crippen MR) is 86.3 cm³/mol. The lowest BCUT2D eigenvalue weighted by molar-refractivity contribution is 1.45. The van der Waals surface area contributed by atoms with Crippen LogP contribution in [0.1, 0.15) is 5.56 Å². The monoisotopic (exact) mass is 432 g/mol. The molecule has 2 rings (SSSR count). The van der Waals surface area contributed by atoms with Crippen molar-refractivity contribution in [2.24, 2.45) is 0 Å². The molecule has 18 heavy (non-hydrogen) atoms. The Hall–Kier alpha value is -0.770. The summed E-state index contributed by atoms with van der Waals surface area (Å²) in [5.74, 6) is 0. The predicted octanol–water partition coefficient (Wildman–Crippen LogP) is 5.32. The molecule has 0 aliphatic rings. The molecule has 0 spiro atoms. The normalized spacial score (nSPS) is 9.89. The number of hydrogen-bond donors (Lipinski definition) is 1. The largest absolute Gasteiger partial charge is 0.354 e. The van der Waals surface area contributed by atoms with E-state index in [9.17, 15) is 0 Å². The van der Waals surface area contributed by atoms with Gasteiger partial charge in [-0.3, -0.25) is 0 Å². The molecule has 2 nitrogen and oxygen atoms in total. The standard InChI is InChI=1S/C13H7BrClIN2/c14-11-6-10(3-1-8(11)7-17)18-13-4-2-9(16)5-12(13)15/h1-6,18H. The van der Waals surface area contributed by atoms with E-state index in [0.29, 0.717) is 10.6 Å². The number of halogens is 3. The molecular formula is C13H7BrClIN2. The third kappa shape index (κ3) is 3.16. The third-order valence-corrected chi connectivity index (χ3v) is 3.94. The van der Waals surface area contributed by atoms with Crippen molar-refractivity contribution >= 4 is 61.5 Å². The summed E-state index contributed by atoms with van der Waals surface area (Å²) >= 11 is 11.7. The van der Waals surface area contributed by atoms with Gasteiger partial charge in [0.05, 0.1) is 16.3 Å². The van der Waals surface area contributed by atoms with E-state index in [2.05, 4.69) is 49.9 Å². The van der Waals surface area contributed by atoms with Gasteiger partial charge in [0, 0.05) is 13.7 Å². The molecule has 0 saturated heterocycles. The Morgan fingerprint density at radius 3 is 2.61 bits per heavy atom. The lowest BCUT2D eigenvalue weighted by Crippen LogP contribution is -1.92. The van der Waals surface area contributed by atoms with Gasteiger partial charge < -0.3 is 5.32 Å². The van der Waals surface area contributed by atoms with Gasteiger partial charge in [0.2, 0.25) is 0 Å². The average molecular weight is 433 g/mol. The Morgan fingerprint density at radius 2 is 2.00 bits per heavy atom. The molecule has 0 unspecified atom stereocenters. The summed E-state index contributed by atoms with van der Waals surface area (Å²) in [5.41, 5.74) is 2.33. The molecule has 0 saturated carbocycles. The minimum absolute atomic E-state index is 0.606. The topological polar surface area (TPSA) is 35.8 Å². The summed E-state index contributed by atoms with van der Waals surface area (Å²) in [6, 6.07) is 13.4. The highest BCUT2D eigenvalue weighted by molar-refractivity contribution is 14.1. The van der Waals surface area contributed by atoms with Crippen molar-refractivity contribution in [1.29, 1.82) is 5.26 Å². The van der Waals surface area contributed by atoms with Crippen LogP contribution in [-0.4, -0.2) is 0 Å². The SMILES string of the molecule is N#Cc1ccc(Nc2ccc(I)cc2Cl)cc1Br. The fourth-order valence-corrected chi connectivity index (χ4v) is 2.80. The number of hydrogen-bond acceptors (Lipinski definition) is 2. The summed E-state index contributed by atoms with van der Waals surface area (Å²) in [5, 5.41) is 12.7. The lowest BCUT2D eigenvalue weighted by atomic mass is 10.2. The highest BCUT2D eigenvalue weighted by Gasteiger charge is 2.04. The number of anilines is 2. The van der Waals surface area contributed by atoms with Crippen molar-refractivity contribution in [3.8, 4) is 6.07 Å². The van der Waals surface area contributed by atoms with Gasteiger partial charge in [-0.2, -0.15) is 5.26 Å². The van der Waals surface area contributed by atoms with Crippen LogP contribution >= 0.6 is 50.1 Å². The second-order valence-electron chi connectivity index (χ2n) is 3.56. The molecule has 0 fully saturated rings. The molecule has 2 aromatic rings. The van der Waals surface area contributed by atoms with E-state index in [-0.39, 0.29) is 0 Å². The minimum Gasteiger partial charge on any atom is -0.354 e. The average Bonchev–Trinajstić information content (AvgIpc) is 2.33. The second-order valence-corrected chi connectivity index (χ2v) is 6.06. The molecule has 1 N–H and O–H groups in total. The molecule has 90 valence electrons. The lowest BCUT2D eigenvalue weighted by Gasteiger charge is -2.09. The zero-order valence-corrected chi connectivity index (χ0v) is 13.5. The smallest absolute Gasteiger partial charge is 0.100 e. The minimum atomic E-state index is 0.606. The molecule has 0 aromatic heterocycles. The molecule has 0 aliphatic heterocycles. The third-order valence-electron chi connectivity index (χ3n) is 2.30. The molecule has 2 aromatic carbocycles. The number of nitriles is 1. The number of nitrogens with one attached hydrogen (secondary N) is 1. The Balaban J connectivity index is 2.29. The van der Waals surface area contributed by atoms with Crippen molar-refractivity contribution in [3.63, 3.8) is 0 Å². The Bertz CT molecular complexity index is 637. The summed E-state index contributed by atoms with van der Waals surface area (Å²) in [6.45, 7) is 0. The van der Waals surface area contributed by atoms with Crippen LogP contribution in [0.5, 0.6) is 0 Å². The molecule has 0 radical (unpaired) electrons. The zero-order chi connectivity index (χ0) is 13.1. The highest BCUT2D eigenvalue weighted by Crippen LogP contribution is 2.29. The summed E-state index contributed by atoms with van der Waals surface area (Å²) in [6.07, 6.45) is 0. The van der Waals surface area contributed by atoms with E-state index < -0.39 is 0 Å². The first-order valence-corrected chi connectivity index (χ1v) is 7.27. The van der Waals surface area contributed by atoms with Gasteiger partial charge in [0.25, 0.3) is 0 Å². The molecule has 0 bridgehead atoms. The molecule has 5 heteroatoms. The van der Waals surface area contributed by atoms with Crippen molar-refractivity contribution < 1.29 is 0 Å². The zero-order valence-electron chi connectivity index (χ0n) is 9.05. The van der Waals surface area contributed by atoms with E-state index in [1.54, 1.807) is 6.07 Å². The Kier molecular flexibility index (Phi) is 4.49. The van der Waals surface area contributed by atoms with Gasteiger partial charge >= 0.3 is 0 Å². The molecule has 0 amide bonds. The second kappa shape index (κ2) is 5.91. The van der Waals surface area contributed by atoms with Crippen molar-refractivity contribution in [2.45, 2.75) is 0 Å². The Labute approximate surface area is 132 Å². The highest BCUT2D eigenvalue weighted by atomic mass is 127. The first-order chi connectivity index (χ1) is 8.60.